The van der Waals surface area contributed by atoms with Crippen molar-refractivity contribution in [2.24, 2.45) is 11.3 Å². The number of Topliss-reactive ketones (excluding diaryl/α,β-unsaturated/α-hetero) is 1. The first-order valence-corrected chi connectivity index (χ1v) is 8.86. The van der Waals surface area contributed by atoms with Gasteiger partial charge in [0.15, 0.2) is 12.4 Å². The Kier molecular flexibility index (Phi) is 6.17. The Morgan fingerprint density at radius 1 is 1.30 bits per heavy atom. The maximum atomic E-state index is 12.7. The van der Waals surface area contributed by atoms with E-state index in [9.17, 15) is 22.8 Å². The van der Waals surface area contributed by atoms with Gasteiger partial charge < -0.3 is 10.1 Å². The van der Waals surface area contributed by atoms with Gasteiger partial charge in [-0.25, -0.2) is 0 Å². The lowest BCUT2D eigenvalue weighted by atomic mass is 9.77. The van der Waals surface area contributed by atoms with Crippen molar-refractivity contribution >= 4 is 11.7 Å². The summed E-state index contributed by atoms with van der Waals surface area (Å²) >= 11 is 0. The summed E-state index contributed by atoms with van der Waals surface area (Å²) in [5, 5.41) is 2.55. The first kappa shape index (κ1) is 21.2. The second kappa shape index (κ2) is 7.86. The van der Waals surface area contributed by atoms with Crippen LogP contribution in [0.4, 0.5) is 13.2 Å². The molecule has 1 saturated carbocycles. The molecule has 0 saturated heterocycles. The van der Waals surface area contributed by atoms with E-state index in [1.807, 2.05) is 20.8 Å². The SMILES string of the molecule is CNC(=O)[C@@H](CC(=O)c1cc(OCC(F)(F)F)c(C2CC2)cn1)C(C)(C)C. The molecule has 1 fully saturated rings. The molecule has 1 aromatic rings. The molecular weight excluding hydrogens is 361 g/mol. The molecule has 1 atom stereocenters. The molecule has 1 aliphatic carbocycles. The Balaban J connectivity index is 2.23. The summed E-state index contributed by atoms with van der Waals surface area (Å²) in [6, 6.07) is 1.27. The minimum Gasteiger partial charge on any atom is -0.484 e. The first-order valence-electron chi connectivity index (χ1n) is 8.86. The Hall–Kier alpha value is -2.12. The van der Waals surface area contributed by atoms with E-state index < -0.39 is 29.9 Å². The van der Waals surface area contributed by atoms with Gasteiger partial charge in [-0.05, 0) is 24.2 Å². The third-order valence-corrected chi connectivity index (χ3v) is 4.59. The van der Waals surface area contributed by atoms with Gasteiger partial charge in [-0.2, -0.15) is 13.2 Å². The quantitative estimate of drug-likeness (QED) is 0.722. The zero-order valence-corrected chi connectivity index (χ0v) is 15.9. The molecule has 0 bridgehead atoms. The topological polar surface area (TPSA) is 68.3 Å². The summed E-state index contributed by atoms with van der Waals surface area (Å²) in [5.74, 6) is -1.09. The van der Waals surface area contributed by atoms with Crippen molar-refractivity contribution in [3.05, 3.63) is 23.5 Å². The fourth-order valence-electron chi connectivity index (χ4n) is 2.84. The van der Waals surface area contributed by atoms with Crippen LogP contribution in [0.2, 0.25) is 0 Å². The van der Waals surface area contributed by atoms with Gasteiger partial charge in [-0.1, -0.05) is 20.8 Å². The van der Waals surface area contributed by atoms with Gasteiger partial charge in [0, 0.05) is 31.3 Å². The molecule has 5 nitrogen and oxygen atoms in total. The van der Waals surface area contributed by atoms with Crippen LogP contribution in [0.5, 0.6) is 5.75 Å². The number of nitrogens with one attached hydrogen (secondary N) is 1. The van der Waals surface area contributed by atoms with Crippen molar-refractivity contribution in [3.8, 4) is 5.75 Å². The van der Waals surface area contributed by atoms with E-state index in [-0.39, 0.29) is 29.7 Å². The molecule has 2 rings (SSSR count). The summed E-state index contributed by atoms with van der Waals surface area (Å²) in [7, 11) is 1.50. The van der Waals surface area contributed by atoms with Crippen LogP contribution in [0, 0.1) is 11.3 Å². The number of rotatable bonds is 7. The zero-order chi connectivity index (χ0) is 20.4. The lowest BCUT2D eigenvalue weighted by molar-refractivity contribution is -0.153. The number of alkyl halides is 3. The number of hydrogen-bond acceptors (Lipinski definition) is 4. The molecule has 1 aliphatic rings. The Labute approximate surface area is 156 Å². The smallest absolute Gasteiger partial charge is 0.422 e. The van der Waals surface area contributed by atoms with Crippen molar-refractivity contribution in [2.75, 3.05) is 13.7 Å². The number of nitrogens with zero attached hydrogens (tertiary/aromatic N) is 1. The van der Waals surface area contributed by atoms with Crippen molar-refractivity contribution in [1.82, 2.24) is 10.3 Å². The molecule has 0 aliphatic heterocycles. The third kappa shape index (κ3) is 5.94. The Morgan fingerprint density at radius 2 is 1.93 bits per heavy atom. The second-order valence-electron chi connectivity index (χ2n) is 7.95. The van der Waals surface area contributed by atoms with Gasteiger partial charge in [0.2, 0.25) is 5.91 Å². The minimum atomic E-state index is -4.47. The van der Waals surface area contributed by atoms with Crippen LogP contribution in [0.15, 0.2) is 12.3 Å². The summed E-state index contributed by atoms with van der Waals surface area (Å²) in [4.78, 5) is 28.9. The molecule has 1 aromatic heterocycles. The number of hydrogen-bond donors (Lipinski definition) is 1. The monoisotopic (exact) mass is 386 g/mol. The number of carbonyl (C=O) groups is 2. The lowest BCUT2D eigenvalue weighted by Gasteiger charge is -2.28. The highest BCUT2D eigenvalue weighted by molar-refractivity contribution is 5.97. The molecule has 0 radical (unpaired) electrons. The van der Waals surface area contributed by atoms with Crippen LogP contribution in [0.1, 0.15) is 62.0 Å². The molecule has 1 heterocycles. The molecule has 0 unspecified atom stereocenters. The normalized spacial score (nSPS) is 16.0. The average Bonchev–Trinajstić information content (AvgIpc) is 3.39. The van der Waals surface area contributed by atoms with Gasteiger partial charge in [0.25, 0.3) is 0 Å². The molecule has 150 valence electrons. The summed E-state index contributed by atoms with van der Waals surface area (Å²) in [6.45, 7) is 4.12. The van der Waals surface area contributed by atoms with E-state index >= 15 is 0 Å². The molecule has 1 amide bonds. The van der Waals surface area contributed by atoms with Crippen LogP contribution in [-0.4, -0.2) is 36.5 Å². The van der Waals surface area contributed by atoms with Gasteiger partial charge in [0.05, 0.1) is 5.92 Å². The van der Waals surface area contributed by atoms with E-state index in [2.05, 4.69) is 10.3 Å². The predicted octanol–water partition coefficient (Wildman–Crippen LogP) is 3.88. The standard InChI is InChI=1S/C19H25F3N2O3/c1-18(2,3)13(17(26)23-4)7-15(25)14-8-16(27-10-19(20,21)22)12(9-24-14)11-5-6-11/h8-9,11,13H,5-7,10H2,1-4H3,(H,23,26)/t13-/m1/s1. The van der Waals surface area contributed by atoms with Crippen LogP contribution in [0.25, 0.3) is 0 Å². The van der Waals surface area contributed by atoms with Gasteiger partial charge in [0.1, 0.15) is 11.4 Å². The predicted molar refractivity (Wildman–Crippen MR) is 93.7 cm³/mol. The molecule has 8 heteroatoms. The molecule has 0 spiro atoms. The van der Waals surface area contributed by atoms with Crippen LogP contribution in [0.3, 0.4) is 0 Å². The van der Waals surface area contributed by atoms with Crippen molar-refractivity contribution in [2.45, 2.75) is 52.1 Å². The largest absolute Gasteiger partial charge is 0.484 e. The number of ketones is 1. The fourth-order valence-corrected chi connectivity index (χ4v) is 2.84. The molecular formula is C19H25F3N2O3. The minimum absolute atomic E-state index is 0.00901. The zero-order valence-electron chi connectivity index (χ0n) is 15.9. The fraction of sp³-hybridized carbons (Fsp3) is 0.632. The molecule has 1 N–H and O–H groups in total. The van der Waals surface area contributed by atoms with Crippen LogP contribution >= 0.6 is 0 Å². The molecule has 27 heavy (non-hydrogen) atoms. The number of halogens is 3. The summed E-state index contributed by atoms with van der Waals surface area (Å²) < 4.78 is 42.5. The van der Waals surface area contributed by atoms with E-state index in [0.29, 0.717) is 5.56 Å². The second-order valence-corrected chi connectivity index (χ2v) is 7.95. The van der Waals surface area contributed by atoms with E-state index in [1.165, 1.54) is 19.3 Å². The van der Waals surface area contributed by atoms with Crippen molar-refractivity contribution in [3.63, 3.8) is 0 Å². The van der Waals surface area contributed by atoms with Gasteiger partial charge >= 0.3 is 6.18 Å². The van der Waals surface area contributed by atoms with E-state index in [1.54, 1.807) is 0 Å². The van der Waals surface area contributed by atoms with Gasteiger partial charge in [-0.15, -0.1) is 0 Å². The molecule has 0 aromatic carbocycles. The highest BCUT2D eigenvalue weighted by Gasteiger charge is 2.35. The highest BCUT2D eigenvalue weighted by Crippen LogP contribution is 2.44. The summed E-state index contributed by atoms with van der Waals surface area (Å²) in [5.41, 5.74) is 0.142. The maximum Gasteiger partial charge on any atom is 0.422 e. The highest BCUT2D eigenvalue weighted by atomic mass is 19.4. The number of amides is 1. The Bertz CT molecular complexity index is 707. The average molecular weight is 386 g/mol. The number of carbonyl (C=O) groups excluding carboxylic acids is 2. The number of pyridine rings is 1. The van der Waals surface area contributed by atoms with Crippen molar-refractivity contribution < 1.29 is 27.5 Å². The number of aromatic nitrogens is 1. The first-order chi connectivity index (χ1) is 12.4. The van der Waals surface area contributed by atoms with E-state index in [0.717, 1.165) is 12.8 Å². The lowest BCUT2D eigenvalue weighted by Crippen LogP contribution is -2.37. The number of ether oxygens (including phenoxy) is 1. The third-order valence-electron chi connectivity index (χ3n) is 4.59. The van der Waals surface area contributed by atoms with Crippen LogP contribution < -0.4 is 10.1 Å². The Morgan fingerprint density at radius 3 is 2.41 bits per heavy atom. The van der Waals surface area contributed by atoms with E-state index in [4.69, 9.17) is 4.74 Å². The maximum absolute atomic E-state index is 12.7. The van der Waals surface area contributed by atoms with Crippen molar-refractivity contribution in [1.29, 1.82) is 0 Å². The van der Waals surface area contributed by atoms with Crippen LogP contribution in [-0.2, 0) is 4.79 Å². The van der Waals surface area contributed by atoms with Gasteiger partial charge in [-0.3, -0.25) is 14.6 Å². The summed E-state index contributed by atoms with van der Waals surface area (Å²) in [6.07, 6.45) is -1.41.